The molecule has 0 radical (unpaired) electrons. The van der Waals surface area contributed by atoms with E-state index in [-0.39, 0.29) is 11.3 Å². The first-order valence-electron chi connectivity index (χ1n) is 4.82. The van der Waals surface area contributed by atoms with Gasteiger partial charge in [-0.05, 0) is 11.6 Å². The summed E-state index contributed by atoms with van der Waals surface area (Å²) in [7, 11) is 1.65. The highest BCUT2D eigenvalue weighted by Crippen LogP contribution is 2.21. The van der Waals surface area contributed by atoms with Crippen molar-refractivity contribution in [2.75, 3.05) is 7.05 Å². The Bertz CT molecular complexity index is 320. The van der Waals surface area contributed by atoms with Crippen LogP contribution in [0.3, 0.4) is 0 Å². The molecule has 1 aromatic heterocycles. The quantitative estimate of drug-likeness (QED) is 0.738. The normalized spacial score (nSPS) is 11.4. The Hall–Kier alpha value is -1.25. The summed E-state index contributed by atoms with van der Waals surface area (Å²) in [5, 5.41) is 2.61. The summed E-state index contributed by atoms with van der Waals surface area (Å²) in [6, 6.07) is 2.05. The minimum Gasteiger partial charge on any atom is -0.364 e. The van der Waals surface area contributed by atoms with Crippen LogP contribution >= 0.6 is 0 Å². The van der Waals surface area contributed by atoms with Gasteiger partial charge in [0.25, 0.3) is 0 Å². The van der Waals surface area contributed by atoms with Gasteiger partial charge in [0.05, 0.1) is 6.42 Å². The molecule has 1 rings (SSSR count). The van der Waals surface area contributed by atoms with E-state index < -0.39 is 0 Å². The monoisotopic (exact) mass is 194 g/mol. The Labute approximate surface area is 84.9 Å². The van der Waals surface area contributed by atoms with Crippen LogP contribution in [0.2, 0.25) is 0 Å². The van der Waals surface area contributed by atoms with E-state index in [4.69, 9.17) is 0 Å². The van der Waals surface area contributed by atoms with Crippen molar-refractivity contribution in [3.63, 3.8) is 0 Å². The third-order valence-corrected chi connectivity index (χ3v) is 2.19. The van der Waals surface area contributed by atoms with Gasteiger partial charge in [-0.2, -0.15) is 0 Å². The van der Waals surface area contributed by atoms with Crippen molar-refractivity contribution in [1.82, 2.24) is 10.3 Å². The summed E-state index contributed by atoms with van der Waals surface area (Å²) in [4.78, 5) is 14.3. The van der Waals surface area contributed by atoms with E-state index in [9.17, 15) is 4.79 Å². The Morgan fingerprint density at radius 3 is 2.57 bits per heavy atom. The van der Waals surface area contributed by atoms with Crippen LogP contribution in [-0.4, -0.2) is 17.9 Å². The number of hydrogen-bond donors (Lipinski definition) is 2. The van der Waals surface area contributed by atoms with Crippen molar-refractivity contribution in [3.8, 4) is 0 Å². The van der Waals surface area contributed by atoms with E-state index in [1.807, 2.05) is 6.20 Å². The number of hydrogen-bond acceptors (Lipinski definition) is 1. The summed E-state index contributed by atoms with van der Waals surface area (Å²) in [6.45, 7) is 6.42. The highest BCUT2D eigenvalue weighted by Gasteiger charge is 2.15. The second kappa shape index (κ2) is 3.86. The van der Waals surface area contributed by atoms with E-state index in [1.54, 1.807) is 7.05 Å². The van der Waals surface area contributed by atoms with Crippen LogP contribution in [-0.2, 0) is 16.6 Å². The number of H-pyrrole nitrogens is 1. The molecule has 0 aromatic carbocycles. The molecule has 14 heavy (non-hydrogen) atoms. The summed E-state index contributed by atoms with van der Waals surface area (Å²) >= 11 is 0. The fraction of sp³-hybridized carbons (Fsp3) is 0.545. The first-order chi connectivity index (χ1) is 6.43. The second-order valence-electron chi connectivity index (χ2n) is 4.52. The standard InChI is InChI=1S/C11H18N2O/c1-11(2,3)9-5-8(7-13-9)6-10(14)12-4/h5,7,13H,6H2,1-4H3,(H,12,14). The van der Waals surface area contributed by atoms with E-state index in [0.29, 0.717) is 6.42 Å². The molecule has 0 atom stereocenters. The lowest BCUT2D eigenvalue weighted by atomic mass is 9.92. The Balaban J connectivity index is 2.74. The minimum absolute atomic E-state index is 0.0458. The first kappa shape index (κ1) is 10.8. The number of aromatic amines is 1. The molecule has 0 aliphatic rings. The van der Waals surface area contributed by atoms with Crippen molar-refractivity contribution in [1.29, 1.82) is 0 Å². The molecule has 0 spiro atoms. The minimum atomic E-state index is 0.0458. The van der Waals surface area contributed by atoms with Crippen LogP contribution in [0.1, 0.15) is 32.0 Å². The SMILES string of the molecule is CNC(=O)Cc1c[nH]c(C(C)(C)C)c1. The van der Waals surface area contributed by atoms with Crippen molar-refractivity contribution in [3.05, 3.63) is 23.5 Å². The van der Waals surface area contributed by atoms with Gasteiger partial charge in [0, 0.05) is 24.4 Å². The van der Waals surface area contributed by atoms with Crippen LogP contribution < -0.4 is 5.32 Å². The number of amides is 1. The van der Waals surface area contributed by atoms with Crippen molar-refractivity contribution < 1.29 is 4.79 Å². The molecule has 0 fully saturated rings. The van der Waals surface area contributed by atoms with Gasteiger partial charge in [0.15, 0.2) is 0 Å². The van der Waals surface area contributed by atoms with Crippen LogP contribution in [0.4, 0.5) is 0 Å². The number of nitrogens with one attached hydrogen (secondary N) is 2. The molecule has 0 saturated carbocycles. The number of carbonyl (C=O) groups excluding carboxylic acids is 1. The van der Waals surface area contributed by atoms with E-state index >= 15 is 0 Å². The predicted octanol–water partition coefficient (Wildman–Crippen LogP) is 1.60. The zero-order chi connectivity index (χ0) is 10.8. The lowest BCUT2D eigenvalue weighted by Gasteiger charge is -2.15. The molecule has 0 aliphatic carbocycles. The molecule has 3 nitrogen and oxygen atoms in total. The van der Waals surface area contributed by atoms with Crippen molar-refractivity contribution >= 4 is 5.91 Å². The summed E-state index contributed by atoms with van der Waals surface area (Å²) in [5.74, 6) is 0.0458. The van der Waals surface area contributed by atoms with Gasteiger partial charge in [-0.1, -0.05) is 20.8 Å². The summed E-state index contributed by atoms with van der Waals surface area (Å²) in [5.41, 5.74) is 2.31. The van der Waals surface area contributed by atoms with Crippen molar-refractivity contribution in [2.24, 2.45) is 0 Å². The fourth-order valence-electron chi connectivity index (χ4n) is 1.25. The molecule has 0 aliphatic heterocycles. The fourth-order valence-corrected chi connectivity index (χ4v) is 1.25. The van der Waals surface area contributed by atoms with Crippen LogP contribution in [0.15, 0.2) is 12.3 Å². The number of carbonyl (C=O) groups is 1. The molecular formula is C11H18N2O. The van der Waals surface area contributed by atoms with E-state index in [2.05, 4.69) is 37.1 Å². The molecule has 1 heterocycles. The van der Waals surface area contributed by atoms with E-state index in [0.717, 1.165) is 11.3 Å². The number of likely N-dealkylation sites (N-methyl/N-ethyl adjacent to an activating group) is 1. The van der Waals surface area contributed by atoms with Crippen LogP contribution in [0.25, 0.3) is 0 Å². The molecule has 0 saturated heterocycles. The van der Waals surface area contributed by atoms with Gasteiger partial charge in [0.1, 0.15) is 0 Å². The average Bonchev–Trinajstić information content (AvgIpc) is 2.51. The maximum absolute atomic E-state index is 11.1. The van der Waals surface area contributed by atoms with Gasteiger partial charge >= 0.3 is 0 Å². The highest BCUT2D eigenvalue weighted by molar-refractivity contribution is 5.78. The predicted molar refractivity (Wildman–Crippen MR) is 57.3 cm³/mol. The third kappa shape index (κ3) is 2.62. The summed E-state index contributed by atoms with van der Waals surface area (Å²) < 4.78 is 0. The van der Waals surface area contributed by atoms with Gasteiger partial charge < -0.3 is 10.3 Å². The smallest absolute Gasteiger partial charge is 0.224 e. The molecule has 0 unspecified atom stereocenters. The summed E-state index contributed by atoms with van der Waals surface area (Å²) in [6.07, 6.45) is 2.35. The van der Waals surface area contributed by atoms with Gasteiger partial charge in [0.2, 0.25) is 5.91 Å². The maximum Gasteiger partial charge on any atom is 0.224 e. The molecule has 1 aromatic rings. The highest BCUT2D eigenvalue weighted by atomic mass is 16.1. The van der Waals surface area contributed by atoms with E-state index in [1.165, 1.54) is 0 Å². The largest absolute Gasteiger partial charge is 0.364 e. The molecule has 1 amide bonds. The third-order valence-electron chi connectivity index (χ3n) is 2.19. The zero-order valence-electron chi connectivity index (χ0n) is 9.27. The number of aromatic nitrogens is 1. The first-order valence-corrected chi connectivity index (χ1v) is 4.82. The second-order valence-corrected chi connectivity index (χ2v) is 4.52. The Kier molecular flexibility index (Phi) is 2.99. The van der Waals surface area contributed by atoms with Gasteiger partial charge in [-0.25, -0.2) is 0 Å². The Morgan fingerprint density at radius 2 is 2.14 bits per heavy atom. The average molecular weight is 194 g/mol. The molecule has 78 valence electrons. The molecular weight excluding hydrogens is 176 g/mol. The molecule has 0 bridgehead atoms. The molecule has 3 heteroatoms. The van der Waals surface area contributed by atoms with Crippen LogP contribution in [0.5, 0.6) is 0 Å². The lowest BCUT2D eigenvalue weighted by molar-refractivity contribution is -0.119. The van der Waals surface area contributed by atoms with Crippen molar-refractivity contribution in [2.45, 2.75) is 32.6 Å². The maximum atomic E-state index is 11.1. The Morgan fingerprint density at radius 1 is 1.50 bits per heavy atom. The lowest BCUT2D eigenvalue weighted by Crippen LogP contribution is -2.19. The topological polar surface area (TPSA) is 44.9 Å². The van der Waals surface area contributed by atoms with Gasteiger partial charge in [-0.15, -0.1) is 0 Å². The molecule has 2 N–H and O–H groups in total. The zero-order valence-corrected chi connectivity index (χ0v) is 9.27. The number of rotatable bonds is 2. The van der Waals surface area contributed by atoms with Gasteiger partial charge in [-0.3, -0.25) is 4.79 Å². The van der Waals surface area contributed by atoms with Crippen LogP contribution in [0, 0.1) is 0 Å².